The van der Waals surface area contributed by atoms with Crippen molar-refractivity contribution in [2.45, 2.75) is 69.9 Å². The van der Waals surface area contributed by atoms with Gasteiger partial charge in [0, 0.05) is 63.6 Å². The maximum atomic E-state index is 12.9. The van der Waals surface area contributed by atoms with E-state index in [1.54, 1.807) is 6.92 Å². The van der Waals surface area contributed by atoms with Crippen LogP contribution in [0.4, 0.5) is 0 Å². The number of piperazine rings is 1. The molecule has 1 saturated carbocycles. The number of hydrogen-bond acceptors (Lipinski definition) is 3. The largest absolute Gasteiger partial charge is 0.340 e. The van der Waals surface area contributed by atoms with Crippen molar-refractivity contribution >= 4 is 11.8 Å². The lowest BCUT2D eigenvalue weighted by molar-refractivity contribution is -0.134. The lowest BCUT2D eigenvalue weighted by Crippen LogP contribution is -2.57. The van der Waals surface area contributed by atoms with Crippen molar-refractivity contribution in [2.24, 2.45) is 0 Å². The van der Waals surface area contributed by atoms with Crippen molar-refractivity contribution < 1.29 is 9.59 Å². The Kier molecular flexibility index (Phi) is 5.95. The van der Waals surface area contributed by atoms with E-state index in [1.165, 1.54) is 12.0 Å². The highest BCUT2D eigenvalue weighted by Crippen LogP contribution is 2.50. The molecule has 3 aliphatic rings. The van der Waals surface area contributed by atoms with Gasteiger partial charge >= 0.3 is 0 Å². The molecule has 2 heterocycles. The van der Waals surface area contributed by atoms with Crippen molar-refractivity contribution in [2.75, 3.05) is 32.7 Å². The van der Waals surface area contributed by atoms with Gasteiger partial charge in [-0.1, -0.05) is 37.3 Å². The molecule has 2 aliphatic heterocycles. The Balaban J connectivity index is 1.54. The Bertz CT molecular complexity index is 729. The van der Waals surface area contributed by atoms with Crippen LogP contribution < -0.4 is 0 Å². The Hall–Kier alpha value is -1.88. The fraction of sp³-hybridized carbons (Fsp3) is 0.667. The molecule has 3 atom stereocenters. The number of hydrogen-bond donors (Lipinski definition) is 0. The summed E-state index contributed by atoms with van der Waals surface area (Å²) >= 11 is 0. The molecule has 5 heteroatoms. The van der Waals surface area contributed by atoms with Gasteiger partial charge in [0.05, 0.1) is 0 Å². The highest BCUT2D eigenvalue weighted by molar-refractivity contribution is 5.77. The van der Waals surface area contributed by atoms with Gasteiger partial charge in [0.25, 0.3) is 0 Å². The van der Waals surface area contributed by atoms with Gasteiger partial charge < -0.3 is 9.80 Å². The van der Waals surface area contributed by atoms with Crippen LogP contribution in [-0.4, -0.2) is 71.3 Å². The standard InChI is InChI=1S/C24H35N3O2/c1-3-7-23(29)27-13-12-24(20-8-5-4-6-9-20)11-10-21(18-22(24)27)26-16-14-25(15-17-26)19(2)28/h4-6,8-9,21-22H,3,7,10-18H2,1-2H3/t21-,22+,24+/m1/s1. The van der Waals surface area contributed by atoms with Gasteiger partial charge in [-0.2, -0.15) is 0 Å². The summed E-state index contributed by atoms with van der Waals surface area (Å²) in [5, 5.41) is 0. The van der Waals surface area contributed by atoms with E-state index in [1.807, 2.05) is 4.90 Å². The van der Waals surface area contributed by atoms with Gasteiger partial charge in [-0.15, -0.1) is 0 Å². The molecule has 0 spiro atoms. The minimum absolute atomic E-state index is 0.113. The fourth-order valence-electron chi connectivity index (χ4n) is 6.03. The van der Waals surface area contributed by atoms with Crippen LogP contribution in [0.1, 0.15) is 57.9 Å². The molecule has 2 amide bonds. The van der Waals surface area contributed by atoms with Crippen LogP contribution in [-0.2, 0) is 15.0 Å². The molecule has 2 saturated heterocycles. The first-order valence-corrected chi connectivity index (χ1v) is 11.4. The molecule has 5 nitrogen and oxygen atoms in total. The topological polar surface area (TPSA) is 43.9 Å². The van der Waals surface area contributed by atoms with Gasteiger partial charge in [-0.25, -0.2) is 0 Å². The Morgan fingerprint density at radius 3 is 2.41 bits per heavy atom. The maximum Gasteiger partial charge on any atom is 0.222 e. The number of carbonyl (C=O) groups excluding carboxylic acids is 2. The van der Waals surface area contributed by atoms with E-state index in [9.17, 15) is 9.59 Å². The van der Waals surface area contributed by atoms with Crippen molar-refractivity contribution in [1.82, 2.24) is 14.7 Å². The SMILES string of the molecule is CCCC(=O)N1CC[C@]2(c3ccccc3)CC[C@@H](N3CCN(C(C)=O)CC3)C[C@H]12. The van der Waals surface area contributed by atoms with Gasteiger partial charge in [0.15, 0.2) is 0 Å². The number of rotatable bonds is 4. The molecule has 0 unspecified atom stereocenters. The van der Waals surface area contributed by atoms with E-state index < -0.39 is 0 Å². The fourth-order valence-corrected chi connectivity index (χ4v) is 6.03. The third-order valence-corrected chi connectivity index (χ3v) is 7.64. The highest BCUT2D eigenvalue weighted by Gasteiger charge is 2.53. The van der Waals surface area contributed by atoms with Gasteiger partial charge in [0.2, 0.25) is 11.8 Å². The number of benzene rings is 1. The summed E-state index contributed by atoms with van der Waals surface area (Å²) in [4.78, 5) is 31.4. The quantitative estimate of drug-likeness (QED) is 0.784. The molecule has 3 fully saturated rings. The van der Waals surface area contributed by atoms with E-state index >= 15 is 0 Å². The summed E-state index contributed by atoms with van der Waals surface area (Å²) in [5.74, 6) is 0.515. The number of nitrogens with zero attached hydrogens (tertiary/aromatic N) is 3. The maximum absolute atomic E-state index is 12.9. The Labute approximate surface area is 175 Å². The summed E-state index contributed by atoms with van der Waals surface area (Å²) in [5.41, 5.74) is 1.53. The first-order chi connectivity index (χ1) is 14.0. The molecule has 1 aromatic rings. The van der Waals surface area contributed by atoms with Crippen LogP contribution in [0.15, 0.2) is 30.3 Å². The van der Waals surface area contributed by atoms with Crippen LogP contribution in [0.5, 0.6) is 0 Å². The van der Waals surface area contributed by atoms with Crippen LogP contribution in [0, 0.1) is 0 Å². The number of amides is 2. The van der Waals surface area contributed by atoms with Gasteiger partial charge in [0.1, 0.15) is 0 Å². The van der Waals surface area contributed by atoms with Crippen molar-refractivity contribution in [1.29, 1.82) is 0 Å². The lowest BCUT2D eigenvalue weighted by Gasteiger charge is -2.49. The first kappa shape index (κ1) is 20.4. The Morgan fingerprint density at radius 1 is 1.03 bits per heavy atom. The molecule has 158 valence electrons. The minimum atomic E-state index is 0.113. The average Bonchev–Trinajstić information content (AvgIpc) is 3.14. The van der Waals surface area contributed by atoms with Crippen LogP contribution >= 0.6 is 0 Å². The van der Waals surface area contributed by atoms with Crippen molar-refractivity contribution in [3.05, 3.63) is 35.9 Å². The molecule has 1 aromatic carbocycles. The van der Waals surface area contributed by atoms with E-state index in [4.69, 9.17) is 0 Å². The van der Waals surface area contributed by atoms with Crippen LogP contribution in [0.25, 0.3) is 0 Å². The van der Waals surface area contributed by atoms with Gasteiger partial charge in [-0.3, -0.25) is 14.5 Å². The summed E-state index contributed by atoms with van der Waals surface area (Å²) in [6.07, 6.45) is 6.04. The van der Waals surface area contributed by atoms with E-state index in [0.29, 0.717) is 24.4 Å². The number of carbonyl (C=O) groups is 2. The highest BCUT2D eigenvalue weighted by atomic mass is 16.2. The molecule has 0 N–H and O–H groups in total. The second kappa shape index (κ2) is 8.47. The number of fused-ring (bicyclic) bond motifs is 1. The Morgan fingerprint density at radius 2 is 1.76 bits per heavy atom. The minimum Gasteiger partial charge on any atom is -0.340 e. The van der Waals surface area contributed by atoms with Gasteiger partial charge in [-0.05, 0) is 37.7 Å². The third kappa shape index (κ3) is 3.81. The third-order valence-electron chi connectivity index (χ3n) is 7.64. The average molecular weight is 398 g/mol. The first-order valence-electron chi connectivity index (χ1n) is 11.4. The monoisotopic (exact) mass is 397 g/mol. The zero-order valence-corrected chi connectivity index (χ0v) is 18.0. The van der Waals surface area contributed by atoms with Crippen LogP contribution in [0.3, 0.4) is 0 Å². The predicted molar refractivity (Wildman–Crippen MR) is 115 cm³/mol. The molecular weight excluding hydrogens is 362 g/mol. The summed E-state index contributed by atoms with van der Waals surface area (Å²) < 4.78 is 0. The summed E-state index contributed by atoms with van der Waals surface area (Å²) in [6.45, 7) is 8.23. The lowest BCUT2D eigenvalue weighted by atomic mass is 9.64. The zero-order valence-electron chi connectivity index (χ0n) is 18.0. The summed E-state index contributed by atoms with van der Waals surface area (Å²) in [6, 6.07) is 11.7. The molecule has 4 rings (SSSR count). The van der Waals surface area contributed by atoms with Crippen molar-refractivity contribution in [3.8, 4) is 0 Å². The van der Waals surface area contributed by atoms with E-state index in [0.717, 1.165) is 58.4 Å². The normalized spacial score (nSPS) is 30.3. The van der Waals surface area contributed by atoms with Crippen LogP contribution in [0.2, 0.25) is 0 Å². The number of likely N-dealkylation sites (tertiary alicyclic amines) is 1. The molecule has 0 radical (unpaired) electrons. The zero-order chi connectivity index (χ0) is 20.4. The predicted octanol–water partition coefficient (Wildman–Crippen LogP) is 3.04. The van der Waals surface area contributed by atoms with E-state index in [2.05, 4.69) is 47.1 Å². The smallest absolute Gasteiger partial charge is 0.222 e. The molecule has 1 aliphatic carbocycles. The second-order valence-corrected chi connectivity index (χ2v) is 9.10. The molecule has 0 aromatic heterocycles. The molecular formula is C24H35N3O2. The van der Waals surface area contributed by atoms with E-state index in [-0.39, 0.29) is 11.3 Å². The molecule has 29 heavy (non-hydrogen) atoms. The molecule has 0 bridgehead atoms. The van der Waals surface area contributed by atoms with Crippen molar-refractivity contribution in [3.63, 3.8) is 0 Å². The second-order valence-electron chi connectivity index (χ2n) is 9.10. The summed E-state index contributed by atoms with van der Waals surface area (Å²) in [7, 11) is 0.